The van der Waals surface area contributed by atoms with Gasteiger partial charge < -0.3 is 5.11 Å². The fourth-order valence-corrected chi connectivity index (χ4v) is 2.12. The minimum Gasteiger partial charge on any atom is -0.388 e. The van der Waals surface area contributed by atoms with Gasteiger partial charge in [0.1, 0.15) is 6.10 Å². The zero-order valence-corrected chi connectivity index (χ0v) is 10.3. The molecule has 0 bridgehead atoms. The van der Waals surface area contributed by atoms with Crippen molar-refractivity contribution in [2.75, 3.05) is 6.26 Å². The summed E-state index contributed by atoms with van der Waals surface area (Å²) in [7, 11) is -3.70. The summed E-state index contributed by atoms with van der Waals surface area (Å²) in [6.07, 6.45) is -0.444. The number of hydrogen-bond donors (Lipinski definition) is 1. The van der Waals surface area contributed by atoms with Crippen LogP contribution in [0.5, 0.6) is 0 Å². The standard InChI is InChI=1S/C7H14Cl2O3S/c1-6(2,3)5(10)7(8,9)13(4,11)12/h5,10H,1-4H3. The number of sulfone groups is 1. The van der Waals surface area contributed by atoms with Crippen LogP contribution in [0.15, 0.2) is 0 Å². The summed E-state index contributed by atoms with van der Waals surface area (Å²) in [6, 6.07) is 0. The molecule has 0 spiro atoms. The van der Waals surface area contributed by atoms with Crippen molar-refractivity contribution < 1.29 is 13.5 Å². The van der Waals surface area contributed by atoms with Gasteiger partial charge in [-0.15, -0.1) is 0 Å². The second-order valence-electron chi connectivity index (χ2n) is 4.10. The second kappa shape index (κ2) is 3.57. The summed E-state index contributed by atoms with van der Waals surface area (Å²) in [5, 5.41) is 9.61. The van der Waals surface area contributed by atoms with Gasteiger partial charge in [0.2, 0.25) is 3.67 Å². The van der Waals surface area contributed by atoms with Crippen LogP contribution in [0.2, 0.25) is 0 Å². The zero-order chi connectivity index (χ0) is 11.1. The SMILES string of the molecule is CC(C)(C)C(O)C(Cl)(Cl)S(C)(=O)=O. The third kappa shape index (κ3) is 2.98. The molecule has 80 valence electrons. The molecule has 13 heavy (non-hydrogen) atoms. The number of aliphatic hydroxyl groups excluding tert-OH is 1. The molecule has 0 saturated heterocycles. The van der Waals surface area contributed by atoms with Crippen molar-refractivity contribution in [3.8, 4) is 0 Å². The topological polar surface area (TPSA) is 54.4 Å². The minimum atomic E-state index is -3.70. The lowest BCUT2D eigenvalue weighted by atomic mass is 9.90. The van der Waals surface area contributed by atoms with Crippen LogP contribution in [0.3, 0.4) is 0 Å². The fourth-order valence-electron chi connectivity index (χ4n) is 0.707. The van der Waals surface area contributed by atoms with E-state index in [-0.39, 0.29) is 0 Å². The van der Waals surface area contributed by atoms with Crippen molar-refractivity contribution in [3.63, 3.8) is 0 Å². The van der Waals surface area contributed by atoms with E-state index >= 15 is 0 Å². The highest BCUT2D eigenvalue weighted by molar-refractivity contribution is 7.95. The number of alkyl halides is 2. The maximum Gasteiger partial charge on any atom is 0.243 e. The van der Waals surface area contributed by atoms with Crippen molar-refractivity contribution in [2.45, 2.75) is 30.5 Å². The molecule has 0 amide bonds. The Morgan fingerprint density at radius 2 is 1.54 bits per heavy atom. The molecule has 0 aromatic rings. The Labute approximate surface area is 89.0 Å². The van der Waals surface area contributed by atoms with Crippen LogP contribution in [-0.4, -0.2) is 29.5 Å². The van der Waals surface area contributed by atoms with E-state index in [9.17, 15) is 13.5 Å². The summed E-state index contributed by atoms with van der Waals surface area (Å²) in [5.41, 5.74) is -0.688. The lowest BCUT2D eigenvalue weighted by molar-refractivity contribution is 0.0663. The molecule has 0 saturated carbocycles. The summed E-state index contributed by atoms with van der Waals surface area (Å²) in [6.45, 7) is 4.97. The average molecular weight is 249 g/mol. The maximum absolute atomic E-state index is 11.1. The van der Waals surface area contributed by atoms with Crippen molar-refractivity contribution >= 4 is 33.0 Å². The molecule has 0 radical (unpaired) electrons. The molecule has 0 rings (SSSR count). The predicted octanol–water partition coefficient (Wildman–Crippen LogP) is 1.57. The van der Waals surface area contributed by atoms with Crippen molar-refractivity contribution in [1.82, 2.24) is 0 Å². The smallest absolute Gasteiger partial charge is 0.243 e. The van der Waals surface area contributed by atoms with E-state index in [1.165, 1.54) is 0 Å². The molecule has 1 unspecified atom stereocenters. The van der Waals surface area contributed by atoms with Crippen molar-refractivity contribution in [3.05, 3.63) is 0 Å². The van der Waals surface area contributed by atoms with Crippen LogP contribution in [0.4, 0.5) is 0 Å². The molecule has 0 aromatic carbocycles. The third-order valence-electron chi connectivity index (χ3n) is 1.63. The van der Waals surface area contributed by atoms with E-state index in [1.54, 1.807) is 20.8 Å². The first-order valence-electron chi connectivity index (χ1n) is 3.66. The summed E-state index contributed by atoms with van der Waals surface area (Å²) >= 11 is 11.1. The van der Waals surface area contributed by atoms with Gasteiger partial charge in [0, 0.05) is 6.26 Å². The first kappa shape index (κ1) is 13.5. The molecule has 0 aliphatic carbocycles. The largest absolute Gasteiger partial charge is 0.388 e. The van der Waals surface area contributed by atoms with Crippen LogP contribution < -0.4 is 0 Å². The monoisotopic (exact) mass is 248 g/mol. The van der Waals surface area contributed by atoms with E-state index in [0.29, 0.717) is 0 Å². The molecule has 6 heteroatoms. The van der Waals surface area contributed by atoms with Gasteiger partial charge in [-0.2, -0.15) is 0 Å². The Morgan fingerprint density at radius 1 is 1.23 bits per heavy atom. The van der Waals surface area contributed by atoms with Gasteiger partial charge in [0.05, 0.1) is 0 Å². The van der Waals surface area contributed by atoms with Gasteiger partial charge in [0.25, 0.3) is 0 Å². The van der Waals surface area contributed by atoms with Crippen LogP contribution in [0, 0.1) is 5.41 Å². The Kier molecular flexibility index (Phi) is 3.71. The van der Waals surface area contributed by atoms with Gasteiger partial charge >= 0.3 is 0 Å². The van der Waals surface area contributed by atoms with E-state index in [2.05, 4.69) is 0 Å². The lowest BCUT2D eigenvalue weighted by Crippen LogP contribution is -2.46. The van der Waals surface area contributed by atoms with E-state index in [1.807, 2.05) is 0 Å². The van der Waals surface area contributed by atoms with Crippen LogP contribution in [0.1, 0.15) is 20.8 Å². The maximum atomic E-state index is 11.1. The molecule has 1 N–H and O–H groups in total. The lowest BCUT2D eigenvalue weighted by Gasteiger charge is -2.33. The van der Waals surface area contributed by atoms with Crippen molar-refractivity contribution in [1.29, 1.82) is 0 Å². The second-order valence-corrected chi connectivity index (χ2v) is 8.12. The van der Waals surface area contributed by atoms with Gasteiger partial charge in [-0.25, -0.2) is 8.42 Å². The normalized spacial score (nSPS) is 17.2. The third-order valence-corrected chi connectivity index (χ3v) is 4.94. The molecular weight excluding hydrogens is 235 g/mol. The first-order valence-corrected chi connectivity index (χ1v) is 6.31. The molecule has 0 heterocycles. The quantitative estimate of drug-likeness (QED) is 0.756. The molecule has 0 fully saturated rings. The van der Waals surface area contributed by atoms with Crippen LogP contribution in [0.25, 0.3) is 0 Å². The first-order chi connectivity index (χ1) is 5.40. The highest BCUT2D eigenvalue weighted by Crippen LogP contribution is 2.39. The molecule has 0 aliphatic rings. The van der Waals surface area contributed by atoms with Gasteiger partial charge in [-0.1, -0.05) is 44.0 Å². The van der Waals surface area contributed by atoms with E-state index in [0.717, 1.165) is 6.26 Å². The summed E-state index contributed by atoms with van der Waals surface area (Å²) in [5.74, 6) is 0. The highest BCUT2D eigenvalue weighted by Gasteiger charge is 2.49. The summed E-state index contributed by atoms with van der Waals surface area (Å²) in [4.78, 5) is 0. The van der Waals surface area contributed by atoms with Crippen LogP contribution in [-0.2, 0) is 9.84 Å². The van der Waals surface area contributed by atoms with Gasteiger partial charge in [-0.3, -0.25) is 0 Å². The van der Waals surface area contributed by atoms with Gasteiger partial charge in [0.15, 0.2) is 9.84 Å². The highest BCUT2D eigenvalue weighted by atomic mass is 35.5. The fraction of sp³-hybridized carbons (Fsp3) is 1.00. The number of halogens is 2. The zero-order valence-electron chi connectivity index (χ0n) is 8.01. The molecule has 1 atom stereocenters. The van der Waals surface area contributed by atoms with Crippen LogP contribution >= 0.6 is 23.2 Å². The number of aliphatic hydroxyl groups is 1. The summed E-state index contributed by atoms with van der Waals surface area (Å²) < 4.78 is 20.1. The van der Waals surface area contributed by atoms with Gasteiger partial charge in [-0.05, 0) is 5.41 Å². The Balaban J connectivity index is 5.09. The van der Waals surface area contributed by atoms with E-state index < -0.39 is 25.0 Å². The molecule has 3 nitrogen and oxygen atoms in total. The number of rotatable bonds is 2. The minimum absolute atomic E-state index is 0.688. The number of hydrogen-bond acceptors (Lipinski definition) is 3. The van der Waals surface area contributed by atoms with Crippen molar-refractivity contribution in [2.24, 2.45) is 5.41 Å². The Bertz CT molecular complexity index is 277. The molecule has 0 aliphatic heterocycles. The molecule has 0 aromatic heterocycles. The Morgan fingerprint density at radius 3 is 1.62 bits per heavy atom. The predicted molar refractivity (Wildman–Crippen MR) is 54.7 cm³/mol. The molecular formula is C7H14Cl2O3S. The average Bonchev–Trinajstić information content (AvgIpc) is 1.81. The Hall–Kier alpha value is 0.490. The van der Waals surface area contributed by atoms with E-state index in [4.69, 9.17) is 23.2 Å².